The molecule has 3 amide bonds. The van der Waals surface area contributed by atoms with Crippen LogP contribution in [0.25, 0.3) is 0 Å². The molecule has 0 aromatic heterocycles. The van der Waals surface area contributed by atoms with Gasteiger partial charge in [-0.15, -0.1) is 0 Å². The summed E-state index contributed by atoms with van der Waals surface area (Å²) in [6.45, 7) is 8.48. The summed E-state index contributed by atoms with van der Waals surface area (Å²) in [7, 11) is 0. The van der Waals surface area contributed by atoms with Gasteiger partial charge in [0.2, 0.25) is 11.8 Å². The average molecular weight is 349 g/mol. The van der Waals surface area contributed by atoms with Gasteiger partial charge in [-0.05, 0) is 40.2 Å². The fraction of sp³-hybridized carbons (Fsp3) is 0.500. The van der Waals surface area contributed by atoms with Crippen molar-refractivity contribution in [2.24, 2.45) is 0 Å². The van der Waals surface area contributed by atoms with Crippen LogP contribution >= 0.6 is 0 Å². The van der Waals surface area contributed by atoms with Gasteiger partial charge in [-0.2, -0.15) is 0 Å². The molecule has 7 heteroatoms. The van der Waals surface area contributed by atoms with Crippen LogP contribution in [0.3, 0.4) is 0 Å². The first-order valence-corrected chi connectivity index (χ1v) is 8.10. The molecule has 0 fully saturated rings. The second-order valence-electron chi connectivity index (χ2n) is 7.20. The van der Waals surface area contributed by atoms with Gasteiger partial charge < -0.3 is 20.7 Å². The molecule has 1 aromatic rings. The van der Waals surface area contributed by atoms with Crippen molar-refractivity contribution in [3.8, 4) is 0 Å². The third kappa shape index (κ3) is 8.19. The van der Waals surface area contributed by atoms with Gasteiger partial charge in [0.1, 0.15) is 11.1 Å². The summed E-state index contributed by atoms with van der Waals surface area (Å²) in [5.74, 6) is -0.793. The number of rotatable bonds is 6. The smallest absolute Gasteiger partial charge is 0.408 e. The second kappa shape index (κ2) is 8.50. The van der Waals surface area contributed by atoms with Gasteiger partial charge in [0.05, 0.1) is 6.54 Å². The number of amides is 3. The van der Waals surface area contributed by atoms with Crippen molar-refractivity contribution in [1.29, 1.82) is 0 Å². The van der Waals surface area contributed by atoms with Crippen LogP contribution in [0.4, 0.5) is 4.79 Å². The van der Waals surface area contributed by atoms with E-state index in [1.807, 2.05) is 30.3 Å². The number of hydrogen-bond acceptors (Lipinski definition) is 4. The van der Waals surface area contributed by atoms with Crippen molar-refractivity contribution >= 4 is 17.9 Å². The Labute approximate surface area is 148 Å². The summed E-state index contributed by atoms with van der Waals surface area (Å²) >= 11 is 0. The van der Waals surface area contributed by atoms with Crippen molar-refractivity contribution in [2.75, 3.05) is 6.54 Å². The summed E-state index contributed by atoms with van der Waals surface area (Å²) in [4.78, 5) is 35.8. The predicted octanol–water partition coefficient (Wildman–Crippen LogP) is 1.72. The first kappa shape index (κ1) is 20.5. The van der Waals surface area contributed by atoms with Gasteiger partial charge in [0, 0.05) is 6.54 Å². The minimum absolute atomic E-state index is 0.176. The largest absolute Gasteiger partial charge is 0.444 e. The SMILES string of the molecule is CC(C)(C)OC(=O)NC(C)(C)C(=O)NCC(=O)NCc1ccccc1. The number of ether oxygens (including phenoxy) is 1. The fourth-order valence-electron chi connectivity index (χ4n) is 1.86. The van der Waals surface area contributed by atoms with E-state index < -0.39 is 23.1 Å². The van der Waals surface area contributed by atoms with Gasteiger partial charge in [-0.3, -0.25) is 9.59 Å². The standard InChI is InChI=1S/C18H27N3O4/c1-17(2,3)25-16(24)21-18(4,5)15(23)20-12-14(22)19-11-13-9-7-6-8-10-13/h6-10H,11-12H2,1-5H3,(H,19,22)(H,20,23)(H,21,24). The molecule has 0 aliphatic carbocycles. The molecule has 138 valence electrons. The highest BCUT2D eigenvalue weighted by Gasteiger charge is 2.31. The maximum absolute atomic E-state index is 12.2. The Morgan fingerprint density at radius 3 is 2.12 bits per heavy atom. The Morgan fingerprint density at radius 1 is 0.960 bits per heavy atom. The van der Waals surface area contributed by atoms with Crippen molar-refractivity contribution in [3.63, 3.8) is 0 Å². The molecule has 7 nitrogen and oxygen atoms in total. The highest BCUT2D eigenvalue weighted by molar-refractivity contribution is 5.92. The van der Waals surface area contributed by atoms with E-state index >= 15 is 0 Å². The third-order valence-electron chi connectivity index (χ3n) is 3.12. The molecular formula is C18H27N3O4. The average Bonchev–Trinajstić information content (AvgIpc) is 2.49. The Bertz CT molecular complexity index is 606. The van der Waals surface area contributed by atoms with Crippen LogP contribution in [-0.4, -0.2) is 35.6 Å². The van der Waals surface area contributed by atoms with E-state index in [0.717, 1.165) is 5.56 Å². The van der Waals surface area contributed by atoms with E-state index in [2.05, 4.69) is 16.0 Å². The van der Waals surface area contributed by atoms with Gasteiger partial charge in [0.15, 0.2) is 0 Å². The van der Waals surface area contributed by atoms with E-state index in [1.54, 1.807) is 20.8 Å². The van der Waals surface area contributed by atoms with Crippen molar-refractivity contribution < 1.29 is 19.1 Å². The Balaban J connectivity index is 2.40. The second-order valence-corrected chi connectivity index (χ2v) is 7.20. The monoisotopic (exact) mass is 349 g/mol. The van der Waals surface area contributed by atoms with Crippen LogP contribution in [-0.2, 0) is 20.9 Å². The number of alkyl carbamates (subject to hydrolysis) is 1. The summed E-state index contributed by atoms with van der Waals surface area (Å²) in [5, 5.41) is 7.71. The highest BCUT2D eigenvalue weighted by Crippen LogP contribution is 2.09. The Kier molecular flexibility index (Phi) is 6.97. The minimum atomic E-state index is -1.21. The summed E-state index contributed by atoms with van der Waals surface area (Å²) in [5.41, 5.74) is -0.898. The molecule has 0 radical (unpaired) electrons. The topological polar surface area (TPSA) is 96.5 Å². The van der Waals surface area contributed by atoms with Gasteiger partial charge in [0.25, 0.3) is 0 Å². The number of carbonyl (C=O) groups excluding carboxylic acids is 3. The van der Waals surface area contributed by atoms with Crippen LogP contribution in [0.1, 0.15) is 40.2 Å². The molecule has 0 heterocycles. The lowest BCUT2D eigenvalue weighted by Crippen LogP contribution is -2.56. The van der Waals surface area contributed by atoms with Crippen molar-refractivity contribution in [3.05, 3.63) is 35.9 Å². The lowest BCUT2D eigenvalue weighted by molar-refractivity contribution is -0.129. The Hall–Kier alpha value is -2.57. The molecule has 0 aliphatic heterocycles. The molecule has 3 N–H and O–H groups in total. The highest BCUT2D eigenvalue weighted by atomic mass is 16.6. The normalized spacial score (nSPS) is 11.4. The molecule has 1 rings (SSSR count). The summed E-state index contributed by atoms with van der Waals surface area (Å²) in [6, 6.07) is 9.45. The Morgan fingerprint density at radius 2 is 1.56 bits per heavy atom. The molecule has 0 saturated heterocycles. The van der Waals surface area contributed by atoms with Crippen LogP contribution in [0.2, 0.25) is 0 Å². The van der Waals surface area contributed by atoms with Gasteiger partial charge >= 0.3 is 6.09 Å². The first-order valence-electron chi connectivity index (χ1n) is 8.10. The molecule has 0 atom stereocenters. The summed E-state index contributed by atoms with van der Waals surface area (Å²) in [6.07, 6.45) is -0.693. The van der Waals surface area contributed by atoms with Crippen LogP contribution in [0.15, 0.2) is 30.3 Å². The molecule has 25 heavy (non-hydrogen) atoms. The van der Waals surface area contributed by atoms with Crippen molar-refractivity contribution in [1.82, 2.24) is 16.0 Å². The molecule has 1 aromatic carbocycles. The predicted molar refractivity (Wildman–Crippen MR) is 94.7 cm³/mol. The molecule has 0 bridgehead atoms. The third-order valence-corrected chi connectivity index (χ3v) is 3.12. The zero-order valence-corrected chi connectivity index (χ0v) is 15.4. The number of nitrogens with one attached hydrogen (secondary N) is 3. The maximum Gasteiger partial charge on any atom is 0.408 e. The molecule has 0 aliphatic rings. The van der Waals surface area contributed by atoms with E-state index in [-0.39, 0.29) is 12.5 Å². The van der Waals surface area contributed by atoms with Gasteiger partial charge in [-0.1, -0.05) is 30.3 Å². The number of carbonyl (C=O) groups is 3. The molecule has 0 saturated carbocycles. The molecular weight excluding hydrogens is 322 g/mol. The van der Waals surface area contributed by atoms with E-state index in [0.29, 0.717) is 6.54 Å². The molecule has 0 spiro atoms. The van der Waals surface area contributed by atoms with E-state index in [9.17, 15) is 14.4 Å². The van der Waals surface area contributed by atoms with Gasteiger partial charge in [-0.25, -0.2) is 4.79 Å². The number of hydrogen-bond donors (Lipinski definition) is 3. The zero-order chi connectivity index (χ0) is 19.1. The maximum atomic E-state index is 12.2. The van der Waals surface area contributed by atoms with Crippen LogP contribution < -0.4 is 16.0 Å². The summed E-state index contributed by atoms with van der Waals surface area (Å²) < 4.78 is 5.13. The fourth-order valence-corrected chi connectivity index (χ4v) is 1.86. The first-order chi connectivity index (χ1) is 11.5. The van der Waals surface area contributed by atoms with Crippen LogP contribution in [0, 0.1) is 0 Å². The van der Waals surface area contributed by atoms with Crippen molar-refractivity contribution in [2.45, 2.75) is 52.3 Å². The van der Waals surface area contributed by atoms with E-state index in [4.69, 9.17) is 4.74 Å². The number of benzene rings is 1. The lowest BCUT2D eigenvalue weighted by atomic mass is 10.1. The van der Waals surface area contributed by atoms with Crippen LogP contribution in [0.5, 0.6) is 0 Å². The lowest BCUT2D eigenvalue weighted by Gasteiger charge is -2.27. The minimum Gasteiger partial charge on any atom is -0.444 e. The quantitative estimate of drug-likeness (QED) is 0.728. The zero-order valence-electron chi connectivity index (χ0n) is 15.4. The van der Waals surface area contributed by atoms with E-state index in [1.165, 1.54) is 13.8 Å². The molecule has 0 unspecified atom stereocenters.